The van der Waals surface area contributed by atoms with Crippen LogP contribution in [-0.2, 0) is 0 Å². The van der Waals surface area contributed by atoms with Gasteiger partial charge in [-0.25, -0.2) is 4.98 Å². The van der Waals surface area contributed by atoms with Gasteiger partial charge in [-0.2, -0.15) is 0 Å². The molecule has 0 atom stereocenters. The molecular weight excluding hydrogens is 327 g/mol. The van der Waals surface area contributed by atoms with Gasteiger partial charge in [-0.3, -0.25) is 0 Å². The lowest BCUT2D eigenvalue weighted by Gasteiger charge is -2.11. The zero-order chi connectivity index (χ0) is 15.0. The summed E-state index contributed by atoms with van der Waals surface area (Å²) in [6.45, 7) is 1.95. The minimum atomic E-state index is 0.671. The molecule has 108 valence electrons. The number of halogens is 2. The van der Waals surface area contributed by atoms with E-state index >= 15 is 0 Å². The van der Waals surface area contributed by atoms with Crippen LogP contribution in [-0.4, -0.2) is 12.1 Å². The average molecular weight is 339 g/mol. The first-order valence-corrected chi connectivity index (χ1v) is 7.82. The predicted molar refractivity (Wildman–Crippen MR) is 90.7 cm³/mol. The number of nitrogens with one attached hydrogen (secondary N) is 1. The van der Waals surface area contributed by atoms with Crippen molar-refractivity contribution in [3.63, 3.8) is 0 Å². The summed E-state index contributed by atoms with van der Waals surface area (Å²) in [7, 11) is 1.61. The van der Waals surface area contributed by atoms with Gasteiger partial charge in [0.2, 0.25) is 0 Å². The molecule has 0 saturated heterocycles. The van der Waals surface area contributed by atoms with Gasteiger partial charge >= 0.3 is 0 Å². The molecular formula is C15H12Cl2N2OS. The molecule has 0 aliphatic carbocycles. The van der Waals surface area contributed by atoms with E-state index in [0.29, 0.717) is 15.8 Å². The number of benzene rings is 2. The number of nitrogens with zero attached hydrogens (tertiary/aromatic N) is 1. The molecule has 0 spiro atoms. The summed E-state index contributed by atoms with van der Waals surface area (Å²) in [5.41, 5.74) is 2.67. The van der Waals surface area contributed by atoms with Crippen molar-refractivity contribution in [1.29, 1.82) is 0 Å². The van der Waals surface area contributed by atoms with Crippen LogP contribution in [0.2, 0.25) is 10.0 Å². The first kappa shape index (κ1) is 14.4. The summed E-state index contributed by atoms with van der Waals surface area (Å²) in [6.07, 6.45) is 0. The smallest absolute Gasteiger partial charge is 0.188 e. The van der Waals surface area contributed by atoms with Crippen molar-refractivity contribution in [2.75, 3.05) is 12.4 Å². The molecule has 3 rings (SSSR count). The molecule has 21 heavy (non-hydrogen) atoms. The number of anilines is 2. The van der Waals surface area contributed by atoms with E-state index in [0.717, 1.165) is 26.6 Å². The summed E-state index contributed by atoms with van der Waals surface area (Å²) >= 11 is 13.8. The van der Waals surface area contributed by atoms with E-state index in [2.05, 4.69) is 10.3 Å². The van der Waals surface area contributed by atoms with E-state index in [4.69, 9.17) is 27.9 Å². The molecule has 0 aliphatic heterocycles. The molecule has 2 aromatic carbocycles. The molecule has 1 aromatic heterocycles. The first-order valence-electron chi connectivity index (χ1n) is 6.24. The summed E-state index contributed by atoms with van der Waals surface area (Å²) in [6, 6.07) is 9.42. The topological polar surface area (TPSA) is 34.1 Å². The van der Waals surface area contributed by atoms with Crippen molar-refractivity contribution in [3.05, 3.63) is 45.9 Å². The highest BCUT2D eigenvalue weighted by atomic mass is 35.5. The van der Waals surface area contributed by atoms with Gasteiger partial charge in [0.15, 0.2) is 5.13 Å². The Bertz CT molecular complexity index is 817. The Balaban J connectivity index is 2.02. The van der Waals surface area contributed by atoms with Crippen LogP contribution in [0.1, 0.15) is 5.56 Å². The van der Waals surface area contributed by atoms with E-state index in [9.17, 15) is 0 Å². The molecule has 6 heteroatoms. The van der Waals surface area contributed by atoms with Crippen LogP contribution in [0.3, 0.4) is 0 Å². The van der Waals surface area contributed by atoms with Crippen molar-refractivity contribution in [3.8, 4) is 5.75 Å². The zero-order valence-electron chi connectivity index (χ0n) is 11.4. The quantitative estimate of drug-likeness (QED) is 0.668. The van der Waals surface area contributed by atoms with Gasteiger partial charge in [-0.1, -0.05) is 40.6 Å². The van der Waals surface area contributed by atoms with Crippen molar-refractivity contribution >= 4 is 55.6 Å². The Morgan fingerprint density at radius 2 is 2.00 bits per heavy atom. The highest BCUT2D eigenvalue weighted by Crippen LogP contribution is 2.37. The third kappa shape index (κ3) is 2.79. The minimum absolute atomic E-state index is 0.671. The highest BCUT2D eigenvalue weighted by molar-refractivity contribution is 7.22. The fourth-order valence-electron chi connectivity index (χ4n) is 2.01. The summed E-state index contributed by atoms with van der Waals surface area (Å²) in [5, 5.41) is 5.41. The molecule has 3 aromatic rings. The summed E-state index contributed by atoms with van der Waals surface area (Å²) in [4.78, 5) is 4.53. The number of ether oxygens (including phenoxy) is 1. The molecule has 3 nitrogen and oxygen atoms in total. The molecule has 1 N–H and O–H groups in total. The Morgan fingerprint density at radius 1 is 1.19 bits per heavy atom. The number of hydrogen-bond acceptors (Lipinski definition) is 4. The number of hydrogen-bond donors (Lipinski definition) is 1. The Kier molecular flexibility index (Phi) is 3.93. The fraction of sp³-hybridized carbons (Fsp3) is 0.133. The van der Waals surface area contributed by atoms with E-state index in [1.807, 2.05) is 31.2 Å². The van der Waals surface area contributed by atoms with Crippen LogP contribution in [0.15, 0.2) is 30.3 Å². The van der Waals surface area contributed by atoms with Crippen molar-refractivity contribution in [2.24, 2.45) is 0 Å². The zero-order valence-corrected chi connectivity index (χ0v) is 13.7. The Hall–Kier alpha value is -1.49. The molecule has 0 aliphatic rings. The average Bonchev–Trinajstić information content (AvgIpc) is 2.86. The van der Waals surface area contributed by atoms with Crippen LogP contribution < -0.4 is 10.1 Å². The van der Waals surface area contributed by atoms with Crippen LogP contribution in [0, 0.1) is 6.92 Å². The maximum absolute atomic E-state index is 6.18. The lowest BCUT2D eigenvalue weighted by atomic mass is 10.2. The van der Waals surface area contributed by atoms with Crippen LogP contribution in [0.25, 0.3) is 10.2 Å². The second-order valence-corrected chi connectivity index (χ2v) is 6.35. The van der Waals surface area contributed by atoms with E-state index in [1.165, 1.54) is 11.3 Å². The van der Waals surface area contributed by atoms with Crippen molar-refractivity contribution in [2.45, 2.75) is 6.92 Å². The SMILES string of the molecule is COc1cc(Cl)c(C)cc1Nc1nc2cccc(Cl)c2s1. The van der Waals surface area contributed by atoms with Crippen molar-refractivity contribution in [1.82, 2.24) is 4.98 Å². The summed E-state index contributed by atoms with van der Waals surface area (Å²) in [5.74, 6) is 0.677. The number of aryl methyl sites for hydroxylation is 1. The normalized spacial score (nSPS) is 10.9. The molecule has 0 saturated carbocycles. The predicted octanol–water partition coefficient (Wildman–Crippen LogP) is 5.66. The molecule has 0 amide bonds. The minimum Gasteiger partial charge on any atom is -0.495 e. The highest BCUT2D eigenvalue weighted by Gasteiger charge is 2.11. The molecule has 0 unspecified atom stereocenters. The molecule has 1 heterocycles. The van der Waals surface area contributed by atoms with Gasteiger partial charge in [0, 0.05) is 11.1 Å². The van der Waals surface area contributed by atoms with Crippen LogP contribution in [0.4, 0.5) is 10.8 Å². The van der Waals surface area contributed by atoms with E-state index in [-0.39, 0.29) is 0 Å². The lowest BCUT2D eigenvalue weighted by Crippen LogP contribution is -1.95. The van der Waals surface area contributed by atoms with Crippen LogP contribution in [0.5, 0.6) is 5.75 Å². The first-order chi connectivity index (χ1) is 10.1. The Labute approximate surface area is 136 Å². The maximum atomic E-state index is 6.18. The van der Waals surface area contributed by atoms with Gasteiger partial charge in [0.25, 0.3) is 0 Å². The number of fused-ring (bicyclic) bond motifs is 1. The number of rotatable bonds is 3. The lowest BCUT2D eigenvalue weighted by molar-refractivity contribution is 0.417. The van der Waals surface area contributed by atoms with Gasteiger partial charge in [-0.15, -0.1) is 0 Å². The van der Waals surface area contributed by atoms with Gasteiger partial charge in [0.05, 0.1) is 28.0 Å². The molecule has 0 fully saturated rings. The standard InChI is InChI=1S/C15H12Cl2N2OS/c1-8-6-12(13(20-2)7-10(8)17)19-15-18-11-5-3-4-9(16)14(11)21-15/h3-7H,1-2H3,(H,18,19). The van der Waals surface area contributed by atoms with E-state index in [1.54, 1.807) is 13.2 Å². The molecule has 0 radical (unpaired) electrons. The van der Waals surface area contributed by atoms with E-state index < -0.39 is 0 Å². The second-order valence-electron chi connectivity index (χ2n) is 4.53. The van der Waals surface area contributed by atoms with Gasteiger partial charge < -0.3 is 10.1 Å². The fourth-order valence-corrected chi connectivity index (χ4v) is 3.33. The third-order valence-corrected chi connectivity index (χ3v) is 4.94. The second kappa shape index (κ2) is 5.72. The third-order valence-electron chi connectivity index (χ3n) is 3.09. The summed E-state index contributed by atoms with van der Waals surface area (Å²) < 4.78 is 6.32. The number of aromatic nitrogens is 1. The van der Waals surface area contributed by atoms with Gasteiger partial charge in [0.1, 0.15) is 5.75 Å². The number of thiazole rings is 1. The largest absolute Gasteiger partial charge is 0.495 e. The Morgan fingerprint density at radius 3 is 2.71 bits per heavy atom. The molecule has 0 bridgehead atoms. The number of methoxy groups -OCH3 is 1. The monoisotopic (exact) mass is 338 g/mol. The van der Waals surface area contributed by atoms with Crippen LogP contribution >= 0.6 is 34.5 Å². The maximum Gasteiger partial charge on any atom is 0.188 e. The van der Waals surface area contributed by atoms with Crippen molar-refractivity contribution < 1.29 is 4.74 Å². The van der Waals surface area contributed by atoms with Gasteiger partial charge in [-0.05, 0) is 30.7 Å².